The summed E-state index contributed by atoms with van der Waals surface area (Å²) in [5.41, 5.74) is 0. The molecule has 12 heavy (non-hydrogen) atoms. The molecule has 2 fully saturated rings. The van der Waals surface area contributed by atoms with Crippen molar-refractivity contribution in [3.8, 4) is 0 Å². The first-order chi connectivity index (χ1) is 5.33. The van der Waals surface area contributed by atoms with Crippen LogP contribution in [-0.2, 0) is 0 Å². The molecule has 0 aromatic carbocycles. The first-order valence-corrected chi connectivity index (χ1v) is 5.33. The van der Waals surface area contributed by atoms with Gasteiger partial charge in [0.15, 0.2) is 0 Å². The SMILES string of the molecule is C.CCCC1C2CCC(C2)C1C. The Kier molecular flexibility index (Phi) is 3.20. The largest absolute Gasteiger partial charge is 0.0776 e. The first-order valence-electron chi connectivity index (χ1n) is 5.33. The Hall–Kier alpha value is 0. The standard InChI is InChI=1S/C11H20.CH4/c1-3-4-11-8(2)9-5-6-10(11)7-9;/h8-11H,3-7H2,1-2H3;1H4. The monoisotopic (exact) mass is 168 g/mol. The van der Waals surface area contributed by atoms with Crippen molar-refractivity contribution in [1.29, 1.82) is 0 Å². The minimum atomic E-state index is 0. The van der Waals surface area contributed by atoms with Crippen LogP contribution in [0.15, 0.2) is 0 Å². The minimum Gasteiger partial charge on any atom is -0.0776 e. The molecule has 0 saturated heterocycles. The molecule has 0 nitrogen and oxygen atoms in total. The van der Waals surface area contributed by atoms with E-state index in [9.17, 15) is 0 Å². The maximum Gasteiger partial charge on any atom is -0.0357 e. The smallest absolute Gasteiger partial charge is 0.0357 e. The Morgan fingerprint density at radius 3 is 2.33 bits per heavy atom. The van der Waals surface area contributed by atoms with E-state index >= 15 is 0 Å². The molecule has 0 aromatic heterocycles. The molecule has 0 heteroatoms. The normalized spacial score (nSPS) is 44.5. The van der Waals surface area contributed by atoms with E-state index in [0.717, 1.165) is 23.7 Å². The maximum atomic E-state index is 2.49. The average molecular weight is 168 g/mol. The summed E-state index contributed by atoms with van der Waals surface area (Å²) in [5.74, 6) is 4.43. The van der Waals surface area contributed by atoms with E-state index < -0.39 is 0 Å². The highest BCUT2D eigenvalue weighted by molar-refractivity contribution is 4.93. The van der Waals surface area contributed by atoms with Crippen molar-refractivity contribution in [3.05, 3.63) is 0 Å². The second-order valence-corrected chi connectivity index (χ2v) is 4.64. The second kappa shape index (κ2) is 3.81. The Labute approximate surface area is 77.7 Å². The van der Waals surface area contributed by atoms with Gasteiger partial charge in [-0.15, -0.1) is 0 Å². The van der Waals surface area contributed by atoms with Crippen molar-refractivity contribution >= 4 is 0 Å². The van der Waals surface area contributed by atoms with Gasteiger partial charge in [0.25, 0.3) is 0 Å². The second-order valence-electron chi connectivity index (χ2n) is 4.64. The summed E-state index contributed by atoms with van der Waals surface area (Å²) in [5, 5.41) is 0. The van der Waals surface area contributed by atoms with Gasteiger partial charge in [0.05, 0.1) is 0 Å². The minimum absolute atomic E-state index is 0. The molecule has 2 aliphatic carbocycles. The molecule has 2 aliphatic rings. The lowest BCUT2D eigenvalue weighted by atomic mass is 9.78. The van der Waals surface area contributed by atoms with Gasteiger partial charge in [-0.2, -0.15) is 0 Å². The fourth-order valence-corrected chi connectivity index (χ4v) is 3.53. The fraction of sp³-hybridized carbons (Fsp3) is 1.00. The third kappa shape index (κ3) is 1.41. The zero-order valence-electron chi connectivity index (χ0n) is 7.84. The van der Waals surface area contributed by atoms with Crippen LogP contribution < -0.4 is 0 Å². The molecule has 0 spiro atoms. The fourth-order valence-electron chi connectivity index (χ4n) is 3.53. The van der Waals surface area contributed by atoms with E-state index in [1.807, 2.05) is 0 Å². The van der Waals surface area contributed by atoms with Gasteiger partial charge in [-0.25, -0.2) is 0 Å². The van der Waals surface area contributed by atoms with Crippen molar-refractivity contribution < 1.29 is 0 Å². The quantitative estimate of drug-likeness (QED) is 0.582. The summed E-state index contributed by atoms with van der Waals surface area (Å²) in [7, 11) is 0. The zero-order valence-corrected chi connectivity index (χ0v) is 7.84. The summed E-state index contributed by atoms with van der Waals surface area (Å²) in [4.78, 5) is 0. The lowest BCUT2D eigenvalue weighted by Crippen LogP contribution is -2.19. The van der Waals surface area contributed by atoms with Crippen LogP contribution in [0, 0.1) is 23.7 Å². The van der Waals surface area contributed by atoms with Gasteiger partial charge in [0.2, 0.25) is 0 Å². The van der Waals surface area contributed by atoms with Crippen molar-refractivity contribution in [3.63, 3.8) is 0 Å². The van der Waals surface area contributed by atoms with E-state index in [1.54, 1.807) is 19.3 Å². The van der Waals surface area contributed by atoms with Crippen LogP contribution in [0.2, 0.25) is 0 Å². The number of hydrogen-bond donors (Lipinski definition) is 0. The van der Waals surface area contributed by atoms with Gasteiger partial charge in [0.1, 0.15) is 0 Å². The van der Waals surface area contributed by atoms with Gasteiger partial charge >= 0.3 is 0 Å². The van der Waals surface area contributed by atoms with E-state index in [2.05, 4.69) is 13.8 Å². The molecule has 2 bridgehead atoms. The summed E-state index contributed by atoms with van der Waals surface area (Å²) < 4.78 is 0. The molecule has 2 rings (SSSR count). The summed E-state index contributed by atoms with van der Waals surface area (Å²) in [6.45, 7) is 4.82. The van der Waals surface area contributed by atoms with Crippen molar-refractivity contribution in [1.82, 2.24) is 0 Å². The summed E-state index contributed by atoms with van der Waals surface area (Å²) in [6, 6.07) is 0. The van der Waals surface area contributed by atoms with Crippen LogP contribution in [0.3, 0.4) is 0 Å². The molecule has 0 N–H and O–H groups in total. The highest BCUT2D eigenvalue weighted by Crippen LogP contribution is 2.53. The molecule has 0 heterocycles. The molecule has 4 unspecified atom stereocenters. The van der Waals surface area contributed by atoms with Gasteiger partial charge in [-0.1, -0.05) is 34.1 Å². The molecular weight excluding hydrogens is 144 g/mol. The average Bonchev–Trinajstić information content (AvgIpc) is 2.54. The molecule has 0 amide bonds. The van der Waals surface area contributed by atoms with Crippen LogP contribution in [0.4, 0.5) is 0 Å². The van der Waals surface area contributed by atoms with Gasteiger partial charge in [-0.3, -0.25) is 0 Å². The summed E-state index contributed by atoms with van der Waals surface area (Å²) >= 11 is 0. The molecule has 4 atom stereocenters. The van der Waals surface area contributed by atoms with E-state index in [1.165, 1.54) is 12.8 Å². The zero-order chi connectivity index (χ0) is 7.84. The molecule has 72 valence electrons. The van der Waals surface area contributed by atoms with Crippen molar-refractivity contribution in [2.45, 2.75) is 53.4 Å². The lowest BCUT2D eigenvalue weighted by Gasteiger charge is -2.27. The molecule has 0 aromatic rings. The Morgan fingerprint density at radius 2 is 1.83 bits per heavy atom. The van der Waals surface area contributed by atoms with Crippen LogP contribution in [0.25, 0.3) is 0 Å². The number of fused-ring (bicyclic) bond motifs is 2. The van der Waals surface area contributed by atoms with Crippen LogP contribution >= 0.6 is 0 Å². The summed E-state index contributed by atoms with van der Waals surface area (Å²) in [6.07, 6.45) is 7.58. The van der Waals surface area contributed by atoms with E-state index in [-0.39, 0.29) is 7.43 Å². The predicted octanol–water partition coefficient (Wildman–Crippen LogP) is 4.10. The molecule has 2 saturated carbocycles. The van der Waals surface area contributed by atoms with Crippen LogP contribution in [0.1, 0.15) is 53.4 Å². The molecule has 0 aliphatic heterocycles. The van der Waals surface area contributed by atoms with Gasteiger partial charge in [0, 0.05) is 0 Å². The predicted molar refractivity (Wildman–Crippen MR) is 55.1 cm³/mol. The third-order valence-electron chi connectivity index (χ3n) is 4.16. The molecular formula is C12H24. The maximum absolute atomic E-state index is 2.49. The van der Waals surface area contributed by atoms with Gasteiger partial charge < -0.3 is 0 Å². The van der Waals surface area contributed by atoms with E-state index in [4.69, 9.17) is 0 Å². The van der Waals surface area contributed by atoms with Crippen molar-refractivity contribution in [2.24, 2.45) is 23.7 Å². The van der Waals surface area contributed by atoms with Gasteiger partial charge in [-0.05, 0) is 42.9 Å². The highest BCUT2D eigenvalue weighted by Gasteiger charge is 2.44. The van der Waals surface area contributed by atoms with Crippen molar-refractivity contribution in [2.75, 3.05) is 0 Å². The Morgan fingerprint density at radius 1 is 1.17 bits per heavy atom. The number of hydrogen-bond acceptors (Lipinski definition) is 0. The Bertz CT molecular complexity index is 137. The third-order valence-corrected chi connectivity index (χ3v) is 4.16. The highest BCUT2D eigenvalue weighted by atomic mass is 14.5. The molecule has 0 radical (unpaired) electrons. The van der Waals surface area contributed by atoms with Crippen LogP contribution in [-0.4, -0.2) is 0 Å². The topological polar surface area (TPSA) is 0 Å². The lowest BCUT2D eigenvalue weighted by molar-refractivity contribution is 0.224. The first kappa shape index (κ1) is 10.1. The van der Waals surface area contributed by atoms with Crippen LogP contribution in [0.5, 0.6) is 0 Å². The number of rotatable bonds is 2. The van der Waals surface area contributed by atoms with E-state index in [0.29, 0.717) is 0 Å². The Balaban J connectivity index is 0.000000720.